The molecule has 3 nitrogen and oxygen atoms in total. The van der Waals surface area contributed by atoms with Crippen LogP contribution in [0.4, 0.5) is 0 Å². The lowest BCUT2D eigenvalue weighted by Gasteiger charge is -2.17. The first-order chi connectivity index (χ1) is 3.95. The first-order valence-corrected chi connectivity index (χ1v) is 2.75. The average molecular weight is 128 g/mol. The van der Waals surface area contributed by atoms with Crippen molar-refractivity contribution in [2.45, 2.75) is 0 Å². The summed E-state index contributed by atoms with van der Waals surface area (Å²) in [5.41, 5.74) is 5.86. The summed E-state index contributed by atoms with van der Waals surface area (Å²) in [6.07, 6.45) is 2.94. The number of quaternary nitrogens is 1. The second-order valence-corrected chi connectivity index (χ2v) is 2.89. The van der Waals surface area contributed by atoms with Crippen molar-refractivity contribution in [1.82, 2.24) is 0 Å². The highest BCUT2D eigenvalue weighted by Gasteiger charge is 2.01. The first kappa shape index (κ1) is 8.17. The molecule has 0 aromatic carbocycles. The van der Waals surface area contributed by atoms with Crippen molar-refractivity contribution in [3.8, 4) is 0 Å². The van der Waals surface area contributed by atoms with E-state index >= 15 is 0 Å². The van der Waals surface area contributed by atoms with E-state index in [0.717, 1.165) is 6.21 Å². The topological polar surface area (TPSA) is 49.9 Å². The van der Waals surface area contributed by atoms with Crippen LogP contribution in [0.5, 0.6) is 0 Å². The van der Waals surface area contributed by atoms with Crippen LogP contribution in [-0.4, -0.2) is 31.8 Å². The van der Waals surface area contributed by atoms with Gasteiger partial charge in [0.05, 0.1) is 21.1 Å². The van der Waals surface area contributed by atoms with Gasteiger partial charge in [-0.05, 0) is 0 Å². The van der Waals surface area contributed by atoms with Gasteiger partial charge in [0.2, 0.25) is 0 Å². The van der Waals surface area contributed by atoms with Crippen molar-refractivity contribution in [2.24, 2.45) is 5.73 Å². The van der Waals surface area contributed by atoms with Crippen molar-refractivity contribution in [1.29, 1.82) is 5.41 Å². The molecule has 0 heterocycles. The van der Waals surface area contributed by atoms with E-state index in [-0.39, 0.29) is 0 Å². The summed E-state index contributed by atoms with van der Waals surface area (Å²) in [5.74, 6) is 0. The van der Waals surface area contributed by atoms with Crippen molar-refractivity contribution in [3.63, 3.8) is 0 Å². The average Bonchev–Trinajstić information content (AvgIpc) is 1.62. The van der Waals surface area contributed by atoms with Crippen LogP contribution >= 0.6 is 0 Å². The lowest BCUT2D eigenvalue weighted by Crippen LogP contribution is -2.28. The van der Waals surface area contributed by atoms with Crippen LogP contribution in [0.1, 0.15) is 0 Å². The summed E-state index contributed by atoms with van der Waals surface area (Å²) in [4.78, 5) is 0. The predicted molar refractivity (Wildman–Crippen MR) is 39.1 cm³/mol. The number of rotatable bonds is 2. The molecule has 0 aliphatic carbocycles. The fraction of sp³-hybridized carbons (Fsp3) is 0.500. The second kappa shape index (κ2) is 2.64. The van der Waals surface area contributed by atoms with E-state index in [1.165, 1.54) is 0 Å². The van der Waals surface area contributed by atoms with E-state index in [9.17, 15) is 0 Å². The highest BCUT2D eigenvalue weighted by Crippen LogP contribution is 1.92. The molecule has 0 spiro atoms. The second-order valence-electron chi connectivity index (χ2n) is 2.89. The van der Waals surface area contributed by atoms with Gasteiger partial charge in [-0.3, -0.25) is 0 Å². The molecule has 0 amide bonds. The minimum atomic E-state index is 0.502. The first-order valence-electron chi connectivity index (χ1n) is 2.75. The lowest BCUT2D eigenvalue weighted by atomic mass is 10.5. The van der Waals surface area contributed by atoms with Gasteiger partial charge in [-0.2, -0.15) is 0 Å². The largest absolute Gasteiger partial charge is 0.393 e. The minimum Gasteiger partial charge on any atom is -0.393 e. The number of allylic oxidation sites excluding steroid dienone is 1. The molecule has 0 rings (SSSR count). The standard InChI is InChI=1S/C6H14N3/c1-9(2,3)5-6(8)4-7/h4-5,7H,8H2,1-3H3/q+1/b6-5+,7-4?. The summed E-state index contributed by atoms with van der Waals surface area (Å²) in [6, 6.07) is 0. The summed E-state index contributed by atoms with van der Waals surface area (Å²) in [5, 5.41) is 6.76. The quantitative estimate of drug-likeness (QED) is 0.403. The van der Waals surface area contributed by atoms with E-state index < -0.39 is 0 Å². The summed E-state index contributed by atoms with van der Waals surface area (Å²) >= 11 is 0. The third kappa shape index (κ3) is 5.03. The SMILES string of the molecule is C[N+](C)(C)/C=C(/N)C=N. The summed E-state index contributed by atoms with van der Waals surface area (Å²) in [6.45, 7) is 0. The van der Waals surface area contributed by atoms with E-state index in [2.05, 4.69) is 0 Å². The van der Waals surface area contributed by atoms with Gasteiger partial charge in [0.15, 0.2) is 0 Å². The van der Waals surface area contributed by atoms with E-state index in [1.54, 1.807) is 6.20 Å². The highest BCUT2D eigenvalue weighted by molar-refractivity contribution is 5.73. The third-order valence-corrected chi connectivity index (χ3v) is 0.703. The van der Waals surface area contributed by atoms with Gasteiger partial charge in [-0.15, -0.1) is 0 Å². The maximum Gasteiger partial charge on any atom is 0.120 e. The molecule has 3 N–H and O–H groups in total. The van der Waals surface area contributed by atoms with Crippen LogP contribution in [0.25, 0.3) is 0 Å². The van der Waals surface area contributed by atoms with Crippen molar-refractivity contribution >= 4 is 6.21 Å². The Hall–Kier alpha value is -0.830. The molecule has 0 radical (unpaired) electrons. The van der Waals surface area contributed by atoms with Crippen molar-refractivity contribution in [3.05, 3.63) is 11.9 Å². The number of hydrogen-bond acceptors (Lipinski definition) is 2. The smallest absolute Gasteiger partial charge is 0.120 e. The molecular weight excluding hydrogens is 114 g/mol. The molecule has 0 bridgehead atoms. The minimum absolute atomic E-state index is 0.502. The Labute approximate surface area is 55.9 Å². The molecule has 9 heavy (non-hydrogen) atoms. The molecule has 0 fully saturated rings. The highest BCUT2D eigenvalue weighted by atomic mass is 15.3. The number of nitrogens with zero attached hydrogens (tertiary/aromatic N) is 1. The normalized spacial score (nSPS) is 13.4. The Balaban J connectivity index is 4.11. The fourth-order valence-electron chi connectivity index (χ4n) is 0.484. The van der Waals surface area contributed by atoms with Gasteiger partial charge in [-0.1, -0.05) is 0 Å². The van der Waals surface area contributed by atoms with Crippen molar-refractivity contribution in [2.75, 3.05) is 21.1 Å². The molecule has 0 aliphatic heterocycles. The Bertz CT molecular complexity index is 130. The Kier molecular flexibility index (Phi) is 2.40. The van der Waals surface area contributed by atoms with Crippen LogP contribution in [0.2, 0.25) is 0 Å². The van der Waals surface area contributed by atoms with Gasteiger partial charge in [0.1, 0.15) is 11.9 Å². The maximum atomic E-state index is 6.76. The molecule has 52 valence electrons. The molecule has 0 atom stereocenters. The monoisotopic (exact) mass is 128 g/mol. The number of hydrogen-bond donors (Lipinski definition) is 2. The van der Waals surface area contributed by atoms with Gasteiger partial charge in [0.25, 0.3) is 0 Å². The van der Waals surface area contributed by atoms with Gasteiger partial charge in [-0.25, -0.2) is 0 Å². The molecule has 0 aliphatic rings. The number of nitrogens with one attached hydrogen (secondary N) is 1. The van der Waals surface area contributed by atoms with Crippen LogP contribution < -0.4 is 5.73 Å². The van der Waals surface area contributed by atoms with Gasteiger partial charge >= 0.3 is 0 Å². The predicted octanol–water partition coefficient (Wildman–Crippen LogP) is 0.142. The Morgan fingerprint density at radius 3 is 2.00 bits per heavy atom. The number of nitrogens with two attached hydrogens (primary N) is 1. The zero-order valence-corrected chi connectivity index (χ0v) is 6.18. The van der Waals surface area contributed by atoms with Crippen LogP contribution in [0, 0.1) is 5.41 Å². The van der Waals surface area contributed by atoms with Crippen molar-refractivity contribution < 1.29 is 4.48 Å². The third-order valence-electron chi connectivity index (χ3n) is 0.703. The molecule has 0 saturated carbocycles. The molecule has 0 saturated heterocycles. The molecule has 0 aromatic rings. The molecule has 3 heteroatoms. The van der Waals surface area contributed by atoms with E-state index in [4.69, 9.17) is 11.1 Å². The lowest BCUT2D eigenvalue weighted by molar-refractivity contribution is -0.817. The zero-order chi connectivity index (χ0) is 7.49. The van der Waals surface area contributed by atoms with E-state index in [0.29, 0.717) is 10.2 Å². The molecular formula is C6H14N3+. The fourth-order valence-corrected chi connectivity index (χ4v) is 0.484. The maximum absolute atomic E-state index is 6.76. The molecule has 0 unspecified atom stereocenters. The van der Waals surface area contributed by atoms with Crippen LogP contribution in [0.3, 0.4) is 0 Å². The van der Waals surface area contributed by atoms with Crippen LogP contribution in [0.15, 0.2) is 11.9 Å². The Morgan fingerprint density at radius 2 is 1.89 bits per heavy atom. The Morgan fingerprint density at radius 1 is 1.44 bits per heavy atom. The van der Waals surface area contributed by atoms with E-state index in [1.807, 2.05) is 21.1 Å². The van der Waals surface area contributed by atoms with Gasteiger partial charge in [0, 0.05) is 6.21 Å². The molecule has 0 aromatic heterocycles. The summed E-state index contributed by atoms with van der Waals surface area (Å²) in [7, 11) is 5.95. The van der Waals surface area contributed by atoms with Crippen LogP contribution in [-0.2, 0) is 0 Å². The summed E-state index contributed by atoms with van der Waals surface area (Å²) < 4.78 is 0.654. The zero-order valence-electron chi connectivity index (χ0n) is 6.18. The van der Waals surface area contributed by atoms with Gasteiger partial charge < -0.3 is 15.6 Å².